The number of aliphatic hydroxyl groups excluding tert-OH is 1. The van der Waals surface area contributed by atoms with Crippen molar-refractivity contribution in [1.82, 2.24) is 40.6 Å². The SMILES string of the molecule is CC(=O)N1CC[C@H]2CC[C@@H](C(=O)N[C@@H](CCC(N)=O)COc3cc(C)cc(CCCC(=O)C[C@H](C(=O)N4C[C@H](O)C[C@H]4C(=O)N[C@@H](C)c4ccc(-c5scnc5C)cc4)C(C)(C)C)c3Cl)N2C(=O)[C@@H](NC(=O)c2cc3cc(C(=O)P(=O)(O)O)ccc3[nH]2)C1. The molecule has 3 aliphatic rings. The Bertz CT molecular complexity index is 3540. The van der Waals surface area contributed by atoms with Crippen molar-refractivity contribution in [2.45, 2.75) is 155 Å². The molecule has 9 N–H and O–H groups in total. The third-order valence-electron chi connectivity index (χ3n) is 16.7. The zero-order chi connectivity index (χ0) is 64.1. The summed E-state index contributed by atoms with van der Waals surface area (Å²) < 4.78 is 17.9. The normalized spacial score (nSPS) is 19.9. The number of aromatic nitrogens is 2. The summed E-state index contributed by atoms with van der Waals surface area (Å²) in [6.07, 6.45) is 0.791. The molecule has 3 aliphatic heterocycles. The Kier molecular flexibility index (Phi) is 21.2. The molecule has 3 fully saturated rings. The second-order valence-electron chi connectivity index (χ2n) is 24.4. The van der Waals surface area contributed by atoms with E-state index >= 15 is 0 Å². The first-order valence-corrected chi connectivity index (χ1v) is 32.3. The number of fused-ring (bicyclic) bond motifs is 2. The first-order chi connectivity index (χ1) is 41.5. The van der Waals surface area contributed by atoms with Crippen molar-refractivity contribution in [3.63, 3.8) is 0 Å². The Balaban J connectivity index is 0.882. The number of nitrogens with zero attached hydrogens (tertiary/aromatic N) is 4. The van der Waals surface area contributed by atoms with Crippen molar-refractivity contribution < 1.29 is 67.3 Å². The number of thiazole rings is 1. The molecule has 0 radical (unpaired) electrons. The molecule has 8 atom stereocenters. The van der Waals surface area contributed by atoms with E-state index in [-0.39, 0.29) is 110 Å². The monoisotopic (exact) mass is 1270 g/mol. The third kappa shape index (κ3) is 16.1. The number of primary amides is 1. The number of aliphatic hydroxyl groups is 1. The lowest BCUT2D eigenvalue weighted by Crippen LogP contribution is -2.61. The van der Waals surface area contributed by atoms with Gasteiger partial charge in [-0.15, -0.1) is 11.3 Å². The lowest BCUT2D eigenvalue weighted by atomic mass is 9.76. The van der Waals surface area contributed by atoms with E-state index in [1.807, 2.05) is 71.9 Å². The number of hydrogen-bond donors (Lipinski definition) is 8. The van der Waals surface area contributed by atoms with Crippen molar-refractivity contribution >= 4 is 94.1 Å². The van der Waals surface area contributed by atoms with Crippen LogP contribution in [-0.2, 0) is 44.5 Å². The van der Waals surface area contributed by atoms with Crippen LogP contribution in [0.15, 0.2) is 66.2 Å². The Hall–Kier alpha value is -7.34. The molecule has 88 heavy (non-hydrogen) atoms. The molecule has 3 saturated heterocycles. The highest BCUT2D eigenvalue weighted by Crippen LogP contribution is 2.40. The molecule has 0 saturated carbocycles. The van der Waals surface area contributed by atoms with Gasteiger partial charge in [0.15, 0.2) is 0 Å². The van der Waals surface area contributed by atoms with Gasteiger partial charge in [0, 0.05) is 80.7 Å². The van der Waals surface area contributed by atoms with Crippen LogP contribution in [0.2, 0.25) is 5.02 Å². The summed E-state index contributed by atoms with van der Waals surface area (Å²) in [4.78, 5) is 154. The number of aromatic amines is 1. The predicted octanol–water partition coefficient (Wildman–Crippen LogP) is 6.20. The maximum atomic E-state index is 14.7. The lowest BCUT2D eigenvalue weighted by molar-refractivity contribution is -0.146. The average molecular weight is 1270 g/mol. The number of β-amino-alcohol motifs (C(OH)–C–C–N with tert-alkyl or cyclic N) is 1. The number of benzene rings is 3. The molecule has 5 aromatic rings. The molecule has 0 aliphatic carbocycles. The van der Waals surface area contributed by atoms with E-state index in [9.17, 15) is 62.6 Å². The number of amides is 7. The number of carbonyl (C=O) groups is 9. The molecule has 7 amide bonds. The highest BCUT2D eigenvalue weighted by atomic mass is 35.5. The molecule has 23 nitrogen and oxygen atoms in total. The van der Waals surface area contributed by atoms with Crippen LogP contribution in [0.5, 0.6) is 5.75 Å². The molecule has 8 rings (SSSR count). The Labute approximate surface area is 519 Å². The molecular formula is C62H77ClN9O14PS. The van der Waals surface area contributed by atoms with Crippen molar-refractivity contribution in [3.05, 3.63) is 105 Å². The van der Waals surface area contributed by atoms with Crippen LogP contribution >= 0.6 is 30.5 Å². The highest BCUT2D eigenvalue weighted by molar-refractivity contribution is 7.70. The van der Waals surface area contributed by atoms with E-state index in [0.717, 1.165) is 27.3 Å². The van der Waals surface area contributed by atoms with Crippen LogP contribution in [0, 0.1) is 25.2 Å². The third-order valence-corrected chi connectivity index (χ3v) is 18.9. The summed E-state index contributed by atoms with van der Waals surface area (Å²) in [7, 11) is -5.10. The van der Waals surface area contributed by atoms with Gasteiger partial charge in [0.05, 0.1) is 39.3 Å². The number of nitrogens with two attached hydrogens (primary N) is 1. The number of ketones is 1. The minimum Gasteiger partial charge on any atom is -0.490 e. The molecule has 2 aromatic heterocycles. The number of rotatable bonds is 23. The number of Topliss-reactive ketones (excluding diaryl/α,β-unsaturated/α-hetero) is 1. The minimum absolute atomic E-state index is 0.0444. The number of H-pyrrole nitrogens is 1. The summed E-state index contributed by atoms with van der Waals surface area (Å²) in [6, 6.07) is 11.6. The Morgan fingerprint density at radius 2 is 1.65 bits per heavy atom. The van der Waals surface area contributed by atoms with E-state index in [4.69, 9.17) is 22.1 Å². The maximum absolute atomic E-state index is 14.7. The Morgan fingerprint density at radius 1 is 0.932 bits per heavy atom. The predicted molar refractivity (Wildman–Crippen MR) is 329 cm³/mol. The molecule has 5 heterocycles. The fraction of sp³-hybridized carbons (Fsp3) is 0.484. The lowest BCUT2D eigenvalue weighted by Gasteiger charge is -2.38. The summed E-state index contributed by atoms with van der Waals surface area (Å²) >= 11 is 8.55. The number of likely N-dealkylation sites (tertiary alicyclic amines) is 1. The molecule has 0 bridgehead atoms. The number of hydrogen-bond acceptors (Lipinski definition) is 14. The van der Waals surface area contributed by atoms with Crippen molar-refractivity contribution in [1.29, 1.82) is 0 Å². The molecule has 472 valence electrons. The van der Waals surface area contributed by atoms with Crippen LogP contribution < -0.4 is 26.4 Å². The number of ether oxygens (including phenoxy) is 1. The minimum atomic E-state index is -5.10. The average Bonchev–Trinajstić information content (AvgIpc) is 1.89. The largest absolute Gasteiger partial charge is 0.490 e. The zero-order valence-corrected chi connectivity index (χ0v) is 52.8. The van der Waals surface area contributed by atoms with Crippen molar-refractivity contribution in [2.75, 3.05) is 26.2 Å². The topological polar surface area (TPSA) is 341 Å². The zero-order valence-electron chi connectivity index (χ0n) is 50.3. The van der Waals surface area contributed by atoms with Gasteiger partial charge in [0.25, 0.3) is 11.4 Å². The van der Waals surface area contributed by atoms with Gasteiger partial charge in [-0.25, -0.2) is 4.98 Å². The van der Waals surface area contributed by atoms with Gasteiger partial charge < -0.3 is 61.0 Å². The summed E-state index contributed by atoms with van der Waals surface area (Å²) in [5.41, 5.74) is 9.60. The number of nitrogens with one attached hydrogen (secondary N) is 4. The number of halogens is 1. The fourth-order valence-corrected chi connectivity index (χ4v) is 13.4. The van der Waals surface area contributed by atoms with Crippen LogP contribution in [0.25, 0.3) is 21.3 Å². The number of carbonyl (C=O) groups excluding carboxylic acids is 9. The van der Waals surface area contributed by atoms with Crippen LogP contribution in [0.3, 0.4) is 0 Å². The standard InChI is InChI=1S/C62H77ClN9O14PS/c1-33-23-39(9-8-10-44(74)27-46(62(5,6)7)59(80)71-29-45(75)28-51(71)58(79)66-34(2)37-11-13-38(14-12-37)55-35(3)65-32-88-55)54(63)52(24-33)86-31-42(16-20-53(64)76)67-57(78)50-19-17-43-21-22-70(36(4)73)30-49(60(81)72(43)50)69-56(77)48-26-41-25-40(15-18-47(41)68-48)61(82)87(83,84)85/h11-15,18,23-26,32,34,42-43,45-46,49-51,68,75H,8-10,16-17,19-22,27-31H2,1-7H3,(H2,64,76)(H,66,79)(H,67,78)(H,69,77)(H2,83,84,85)/t34-,42-,43+,45+,46+,49-,50-,51-/m0/s1. The quantitative estimate of drug-likeness (QED) is 0.0337. The van der Waals surface area contributed by atoms with Crippen LogP contribution in [0.4, 0.5) is 0 Å². The summed E-state index contributed by atoms with van der Waals surface area (Å²) in [5.74, 6) is -4.36. The van der Waals surface area contributed by atoms with E-state index in [1.54, 1.807) is 22.9 Å². The van der Waals surface area contributed by atoms with Gasteiger partial charge in [-0.1, -0.05) is 62.7 Å². The van der Waals surface area contributed by atoms with Gasteiger partial charge in [0.2, 0.25) is 35.4 Å². The van der Waals surface area contributed by atoms with Gasteiger partial charge in [-0.2, -0.15) is 0 Å². The van der Waals surface area contributed by atoms with Crippen molar-refractivity contribution in [2.24, 2.45) is 17.1 Å². The Morgan fingerprint density at radius 3 is 2.31 bits per heavy atom. The van der Waals surface area contributed by atoms with E-state index in [2.05, 4.69) is 25.9 Å². The first kappa shape index (κ1) is 66.6. The summed E-state index contributed by atoms with van der Waals surface area (Å²) in [5, 5.41) is 20.1. The van der Waals surface area contributed by atoms with Gasteiger partial charge >= 0.3 is 7.60 Å². The second-order valence-corrected chi connectivity index (χ2v) is 27.1. The smallest absolute Gasteiger partial charge is 0.396 e. The van der Waals surface area contributed by atoms with Gasteiger partial charge in [-0.05, 0) is 117 Å². The molecule has 3 aromatic carbocycles. The van der Waals surface area contributed by atoms with E-state index in [1.165, 1.54) is 45.9 Å². The summed E-state index contributed by atoms with van der Waals surface area (Å²) in [6.45, 7) is 12.4. The van der Waals surface area contributed by atoms with Gasteiger partial charge in [0.1, 0.15) is 42.0 Å². The van der Waals surface area contributed by atoms with Crippen LogP contribution in [-0.4, -0.2) is 155 Å². The van der Waals surface area contributed by atoms with Crippen molar-refractivity contribution in [3.8, 4) is 16.2 Å². The number of aryl methyl sites for hydroxylation is 3. The molecular weight excluding hydrogens is 1190 g/mol. The van der Waals surface area contributed by atoms with Crippen LogP contribution in [0.1, 0.15) is 142 Å². The van der Waals surface area contributed by atoms with E-state index in [0.29, 0.717) is 36.8 Å². The van der Waals surface area contributed by atoms with Gasteiger partial charge in [-0.3, -0.25) is 47.7 Å². The molecule has 0 unspecified atom stereocenters. The molecule has 0 spiro atoms. The second kappa shape index (κ2) is 28.0. The fourth-order valence-electron chi connectivity index (χ4n) is 11.9. The maximum Gasteiger partial charge on any atom is 0.396 e. The highest BCUT2D eigenvalue weighted by Gasteiger charge is 2.47. The van der Waals surface area contributed by atoms with E-state index < -0.39 is 96.3 Å². The first-order valence-electron chi connectivity index (χ1n) is 29.4. The molecule has 26 heteroatoms.